The fourth-order valence-electron chi connectivity index (χ4n) is 2.83. The number of esters is 2. The summed E-state index contributed by atoms with van der Waals surface area (Å²) in [7, 11) is 2.55. The van der Waals surface area contributed by atoms with Crippen LogP contribution in [0.2, 0.25) is 0 Å². The van der Waals surface area contributed by atoms with Crippen molar-refractivity contribution >= 4 is 17.6 Å². The number of nitrogens with zero attached hydrogens (tertiary/aromatic N) is 1. The summed E-state index contributed by atoms with van der Waals surface area (Å²) in [5, 5.41) is 0. The van der Waals surface area contributed by atoms with Crippen molar-refractivity contribution < 1.29 is 19.1 Å². The van der Waals surface area contributed by atoms with Crippen molar-refractivity contribution in [2.75, 3.05) is 19.1 Å². The second-order valence-corrected chi connectivity index (χ2v) is 5.73. The van der Waals surface area contributed by atoms with Crippen LogP contribution in [-0.2, 0) is 19.1 Å². The lowest BCUT2D eigenvalue weighted by atomic mass is 10.0. The number of anilines is 1. The molecular weight excluding hydrogens is 342 g/mol. The molecule has 3 rings (SSSR count). The largest absolute Gasteiger partial charge is 0.465 e. The maximum Gasteiger partial charge on any atom is 0.355 e. The van der Waals surface area contributed by atoms with Crippen molar-refractivity contribution in [2.45, 2.75) is 0 Å². The van der Waals surface area contributed by atoms with Gasteiger partial charge in [0.05, 0.1) is 19.8 Å². The van der Waals surface area contributed by atoms with Gasteiger partial charge >= 0.3 is 11.9 Å². The zero-order chi connectivity index (χ0) is 19.2. The molecule has 0 N–H and O–H groups in total. The topological polar surface area (TPSA) is 55.8 Å². The summed E-state index contributed by atoms with van der Waals surface area (Å²) in [6.45, 7) is 0. The van der Waals surface area contributed by atoms with Crippen LogP contribution >= 0.6 is 0 Å². The maximum atomic E-state index is 12.5. The lowest BCUT2D eigenvalue weighted by Gasteiger charge is -2.23. The number of ether oxygens (including phenoxy) is 2. The van der Waals surface area contributed by atoms with Crippen LogP contribution in [0.25, 0.3) is 11.1 Å². The Kier molecular flexibility index (Phi) is 5.52. The van der Waals surface area contributed by atoms with Crippen LogP contribution in [0.5, 0.6) is 0 Å². The van der Waals surface area contributed by atoms with Gasteiger partial charge in [-0.15, -0.1) is 0 Å². The fraction of sp³-hybridized carbons (Fsp3) is 0.0909. The van der Waals surface area contributed by atoms with E-state index in [9.17, 15) is 9.59 Å². The van der Waals surface area contributed by atoms with Crippen LogP contribution in [0, 0.1) is 0 Å². The molecule has 0 atom stereocenters. The monoisotopic (exact) mass is 361 g/mol. The molecule has 136 valence electrons. The molecule has 0 unspecified atom stereocenters. The minimum absolute atomic E-state index is 0.0968. The Morgan fingerprint density at radius 3 is 2.22 bits per heavy atom. The number of hydrogen-bond acceptors (Lipinski definition) is 5. The predicted octanol–water partition coefficient (Wildman–Crippen LogP) is 3.84. The van der Waals surface area contributed by atoms with E-state index in [1.54, 1.807) is 23.3 Å². The maximum absolute atomic E-state index is 12.5. The third-order valence-corrected chi connectivity index (χ3v) is 4.12. The fourth-order valence-corrected chi connectivity index (χ4v) is 2.83. The molecule has 0 saturated carbocycles. The Balaban J connectivity index is 2.14. The molecule has 5 nitrogen and oxygen atoms in total. The molecule has 5 heteroatoms. The average molecular weight is 361 g/mol. The standard InChI is InChI=1S/C22H19NO4/c1-26-21(24)19-13-6-7-14-23(20(19)22(25)27-2)18-12-8-11-17(15-18)16-9-4-3-5-10-16/h3-15H,1-2H3. The van der Waals surface area contributed by atoms with Crippen LogP contribution in [-0.4, -0.2) is 26.2 Å². The van der Waals surface area contributed by atoms with Gasteiger partial charge in [0.1, 0.15) is 5.70 Å². The zero-order valence-electron chi connectivity index (χ0n) is 15.1. The summed E-state index contributed by atoms with van der Waals surface area (Å²) < 4.78 is 9.76. The number of allylic oxidation sites excluding steroid dienone is 2. The predicted molar refractivity (Wildman–Crippen MR) is 104 cm³/mol. The molecule has 0 spiro atoms. The molecule has 1 aliphatic heterocycles. The quantitative estimate of drug-likeness (QED) is 0.775. The molecule has 27 heavy (non-hydrogen) atoms. The first kappa shape index (κ1) is 18.2. The summed E-state index contributed by atoms with van der Waals surface area (Å²) >= 11 is 0. The first-order valence-electron chi connectivity index (χ1n) is 8.36. The number of rotatable bonds is 4. The molecule has 2 aromatic rings. The third-order valence-electron chi connectivity index (χ3n) is 4.12. The van der Waals surface area contributed by atoms with E-state index >= 15 is 0 Å². The second kappa shape index (κ2) is 8.19. The molecule has 0 amide bonds. The minimum Gasteiger partial charge on any atom is -0.465 e. The number of methoxy groups -OCH3 is 2. The molecule has 0 saturated heterocycles. The van der Waals surface area contributed by atoms with E-state index in [1.165, 1.54) is 20.3 Å². The summed E-state index contributed by atoms with van der Waals surface area (Å²) in [5.41, 5.74) is 2.98. The van der Waals surface area contributed by atoms with Crippen LogP contribution in [0.4, 0.5) is 5.69 Å². The zero-order valence-corrected chi connectivity index (χ0v) is 15.1. The summed E-state index contributed by atoms with van der Waals surface area (Å²) in [5.74, 6) is -1.24. The van der Waals surface area contributed by atoms with Crippen LogP contribution < -0.4 is 4.90 Å². The number of carbonyl (C=O) groups is 2. The lowest BCUT2D eigenvalue weighted by molar-refractivity contribution is -0.139. The Hall–Kier alpha value is -3.60. The van der Waals surface area contributed by atoms with Crippen molar-refractivity contribution in [3.8, 4) is 11.1 Å². The van der Waals surface area contributed by atoms with Gasteiger partial charge < -0.3 is 14.4 Å². The lowest BCUT2D eigenvalue weighted by Crippen LogP contribution is -2.26. The molecule has 0 aromatic heterocycles. The molecule has 0 radical (unpaired) electrons. The van der Waals surface area contributed by atoms with E-state index in [0.717, 1.165) is 16.8 Å². The van der Waals surface area contributed by atoms with E-state index < -0.39 is 11.9 Å². The number of hydrogen-bond donors (Lipinski definition) is 0. The van der Waals surface area contributed by atoms with E-state index in [4.69, 9.17) is 9.47 Å². The van der Waals surface area contributed by atoms with Gasteiger partial charge in [0, 0.05) is 11.9 Å². The molecule has 0 bridgehead atoms. The first-order chi connectivity index (χ1) is 13.2. The second-order valence-electron chi connectivity index (χ2n) is 5.73. The third kappa shape index (κ3) is 3.82. The number of carbonyl (C=O) groups excluding carboxylic acids is 2. The van der Waals surface area contributed by atoms with Crippen LogP contribution in [0.15, 0.2) is 90.3 Å². The first-order valence-corrected chi connectivity index (χ1v) is 8.36. The molecule has 1 heterocycles. The number of benzene rings is 2. The van der Waals surface area contributed by atoms with Crippen molar-refractivity contribution in [1.29, 1.82) is 0 Å². The smallest absolute Gasteiger partial charge is 0.355 e. The molecule has 0 fully saturated rings. The van der Waals surface area contributed by atoms with Gasteiger partial charge in [-0.2, -0.15) is 0 Å². The Labute approximate surface area is 157 Å². The Bertz CT molecular complexity index is 942. The van der Waals surface area contributed by atoms with Gasteiger partial charge in [0.15, 0.2) is 0 Å². The van der Waals surface area contributed by atoms with Crippen LogP contribution in [0.3, 0.4) is 0 Å². The highest BCUT2D eigenvalue weighted by Gasteiger charge is 2.27. The summed E-state index contributed by atoms with van der Waals surface area (Å²) in [6.07, 6.45) is 6.67. The van der Waals surface area contributed by atoms with Gasteiger partial charge in [-0.1, -0.05) is 48.5 Å². The van der Waals surface area contributed by atoms with Gasteiger partial charge in [-0.25, -0.2) is 9.59 Å². The van der Waals surface area contributed by atoms with E-state index in [1.807, 2.05) is 54.6 Å². The van der Waals surface area contributed by atoms with E-state index in [0.29, 0.717) is 0 Å². The van der Waals surface area contributed by atoms with Gasteiger partial charge in [-0.3, -0.25) is 0 Å². The summed E-state index contributed by atoms with van der Waals surface area (Å²) in [6, 6.07) is 17.6. The Morgan fingerprint density at radius 2 is 1.52 bits per heavy atom. The highest BCUT2D eigenvalue weighted by molar-refractivity contribution is 6.05. The van der Waals surface area contributed by atoms with Gasteiger partial charge in [0.25, 0.3) is 0 Å². The molecule has 1 aliphatic rings. The molecular formula is C22H19NO4. The van der Waals surface area contributed by atoms with Crippen molar-refractivity contribution in [1.82, 2.24) is 0 Å². The van der Waals surface area contributed by atoms with Gasteiger partial charge in [-0.05, 0) is 35.4 Å². The summed E-state index contributed by atoms with van der Waals surface area (Å²) in [4.78, 5) is 26.3. The van der Waals surface area contributed by atoms with E-state index in [2.05, 4.69) is 0 Å². The normalized spacial score (nSPS) is 13.3. The average Bonchev–Trinajstić information content (AvgIpc) is 2.96. The van der Waals surface area contributed by atoms with Crippen LogP contribution in [0.1, 0.15) is 0 Å². The highest BCUT2D eigenvalue weighted by Crippen LogP contribution is 2.30. The molecule has 2 aromatic carbocycles. The van der Waals surface area contributed by atoms with Crippen molar-refractivity contribution in [3.05, 3.63) is 90.3 Å². The minimum atomic E-state index is -0.628. The van der Waals surface area contributed by atoms with Gasteiger partial charge in [0.2, 0.25) is 0 Å². The van der Waals surface area contributed by atoms with E-state index in [-0.39, 0.29) is 11.3 Å². The SMILES string of the molecule is COC(=O)C1=C(C(=O)OC)N(c2cccc(-c3ccccc3)c2)C=CC=C1. The molecule has 0 aliphatic carbocycles. The Morgan fingerprint density at radius 1 is 0.815 bits per heavy atom. The highest BCUT2D eigenvalue weighted by atomic mass is 16.5. The van der Waals surface area contributed by atoms with Crippen molar-refractivity contribution in [2.24, 2.45) is 0 Å². The van der Waals surface area contributed by atoms with Crippen molar-refractivity contribution in [3.63, 3.8) is 0 Å².